The van der Waals surface area contributed by atoms with Crippen LogP contribution < -0.4 is 0 Å². The van der Waals surface area contributed by atoms with E-state index in [1.807, 2.05) is 0 Å². The minimum atomic E-state index is 0.0910. The highest BCUT2D eigenvalue weighted by atomic mass is 15.9. The van der Waals surface area contributed by atoms with Crippen LogP contribution in [0.5, 0.6) is 0 Å². The lowest BCUT2D eigenvalue weighted by Crippen LogP contribution is -2.83. The van der Waals surface area contributed by atoms with Gasteiger partial charge in [0.15, 0.2) is 0 Å². The standard InChI is InChI=1S/C20H44N4/c1-10-18-16-23(8,13-4)20(22(18)17(6)7)21(12-3)15-19(11-2)24(20,9)14-5/h17-19H,10-16H2,1-9H3/q+2/t18?,19?,20?,23-,24-/m1/s1. The van der Waals surface area contributed by atoms with Crippen molar-refractivity contribution >= 4 is 0 Å². The van der Waals surface area contributed by atoms with Gasteiger partial charge in [-0.3, -0.25) is 0 Å². The van der Waals surface area contributed by atoms with Gasteiger partial charge in [-0.2, -0.15) is 9.80 Å². The van der Waals surface area contributed by atoms with E-state index in [1.165, 1.54) is 48.0 Å². The molecule has 2 rings (SSSR count). The van der Waals surface area contributed by atoms with Crippen molar-refractivity contribution in [2.75, 3.05) is 46.8 Å². The van der Waals surface area contributed by atoms with Gasteiger partial charge in [0.05, 0.1) is 39.8 Å². The van der Waals surface area contributed by atoms with Crippen LogP contribution in [0.25, 0.3) is 0 Å². The average Bonchev–Trinajstić information content (AvgIpc) is 3.00. The summed E-state index contributed by atoms with van der Waals surface area (Å²) in [5.41, 5.74) is 0. The summed E-state index contributed by atoms with van der Waals surface area (Å²) < 4.78 is 2.34. The van der Waals surface area contributed by atoms with Gasteiger partial charge in [-0.1, -0.05) is 20.8 Å². The second-order valence-electron chi connectivity index (χ2n) is 8.74. The van der Waals surface area contributed by atoms with E-state index in [9.17, 15) is 0 Å². The zero-order valence-corrected chi connectivity index (χ0v) is 18.0. The van der Waals surface area contributed by atoms with Crippen molar-refractivity contribution in [1.82, 2.24) is 9.80 Å². The van der Waals surface area contributed by atoms with E-state index in [1.54, 1.807) is 0 Å². The molecule has 0 aliphatic carbocycles. The molecule has 1 spiro atoms. The Balaban J connectivity index is 2.77. The van der Waals surface area contributed by atoms with Gasteiger partial charge < -0.3 is 0 Å². The van der Waals surface area contributed by atoms with Crippen molar-refractivity contribution in [2.45, 2.75) is 85.3 Å². The molecule has 142 valence electrons. The van der Waals surface area contributed by atoms with Crippen molar-refractivity contribution in [3.05, 3.63) is 0 Å². The molecule has 24 heavy (non-hydrogen) atoms. The van der Waals surface area contributed by atoms with Crippen molar-refractivity contribution in [2.24, 2.45) is 0 Å². The summed E-state index contributed by atoms with van der Waals surface area (Å²) in [4.78, 5) is 5.78. The molecule has 0 aromatic heterocycles. The molecule has 4 heteroatoms. The Morgan fingerprint density at radius 1 is 1.00 bits per heavy atom. The third kappa shape index (κ3) is 2.26. The van der Waals surface area contributed by atoms with Crippen LogP contribution in [0.4, 0.5) is 0 Å². The van der Waals surface area contributed by atoms with Gasteiger partial charge in [0, 0.05) is 12.6 Å². The number of quaternary nitrogens is 2. The maximum Gasteiger partial charge on any atom is 0.357 e. The molecule has 2 heterocycles. The quantitative estimate of drug-likeness (QED) is 0.685. The number of nitrogens with zero attached hydrogens (tertiary/aromatic N) is 4. The molecule has 2 saturated heterocycles. The first kappa shape index (κ1) is 20.2. The zero-order valence-electron chi connectivity index (χ0n) is 18.0. The lowest BCUT2D eigenvalue weighted by molar-refractivity contribution is -1.17. The summed E-state index contributed by atoms with van der Waals surface area (Å²) in [7, 11) is 5.10. The highest BCUT2D eigenvalue weighted by Crippen LogP contribution is 2.52. The van der Waals surface area contributed by atoms with E-state index in [-0.39, 0.29) is 5.91 Å². The summed E-state index contributed by atoms with van der Waals surface area (Å²) in [5, 5.41) is 0. The molecule has 0 bridgehead atoms. The molecule has 0 aromatic carbocycles. The van der Waals surface area contributed by atoms with E-state index in [2.05, 4.69) is 72.4 Å². The van der Waals surface area contributed by atoms with Gasteiger partial charge in [0.25, 0.3) is 0 Å². The normalized spacial score (nSPS) is 44.2. The highest BCUT2D eigenvalue weighted by Gasteiger charge is 2.78. The van der Waals surface area contributed by atoms with E-state index in [0.29, 0.717) is 12.1 Å². The first-order chi connectivity index (χ1) is 11.2. The van der Waals surface area contributed by atoms with Crippen LogP contribution in [0.3, 0.4) is 0 Å². The second-order valence-corrected chi connectivity index (χ2v) is 8.74. The molecule has 5 atom stereocenters. The van der Waals surface area contributed by atoms with Crippen LogP contribution >= 0.6 is 0 Å². The third-order valence-corrected chi connectivity index (χ3v) is 7.66. The van der Waals surface area contributed by atoms with Crippen molar-refractivity contribution in [3.8, 4) is 0 Å². The maximum atomic E-state index is 2.93. The minimum absolute atomic E-state index is 0.0910. The monoisotopic (exact) mass is 340 g/mol. The lowest BCUT2D eigenvalue weighted by atomic mass is 10.1. The topological polar surface area (TPSA) is 6.48 Å². The maximum absolute atomic E-state index is 2.93. The third-order valence-electron chi connectivity index (χ3n) is 7.66. The average molecular weight is 341 g/mol. The van der Waals surface area contributed by atoms with Gasteiger partial charge in [0.1, 0.15) is 12.6 Å². The Kier molecular flexibility index (Phi) is 5.76. The highest BCUT2D eigenvalue weighted by molar-refractivity contribution is 4.95. The van der Waals surface area contributed by atoms with Crippen LogP contribution in [0.2, 0.25) is 0 Å². The minimum Gasteiger partial charge on any atom is -0.244 e. The molecule has 0 aromatic rings. The fraction of sp³-hybridized carbons (Fsp3) is 1.00. The van der Waals surface area contributed by atoms with Gasteiger partial charge >= 0.3 is 5.91 Å². The van der Waals surface area contributed by atoms with E-state index in [4.69, 9.17) is 0 Å². The molecule has 2 fully saturated rings. The molecule has 4 nitrogen and oxygen atoms in total. The lowest BCUT2D eigenvalue weighted by Gasteiger charge is -2.57. The van der Waals surface area contributed by atoms with E-state index >= 15 is 0 Å². The number of hydrogen-bond acceptors (Lipinski definition) is 2. The van der Waals surface area contributed by atoms with Gasteiger partial charge in [-0.25, -0.2) is 8.97 Å². The van der Waals surface area contributed by atoms with Crippen LogP contribution in [-0.2, 0) is 0 Å². The Labute approximate surface area is 151 Å². The molecule has 0 radical (unpaired) electrons. The van der Waals surface area contributed by atoms with E-state index in [0.717, 1.165) is 12.6 Å². The Hall–Kier alpha value is -0.160. The van der Waals surface area contributed by atoms with Crippen molar-refractivity contribution in [1.29, 1.82) is 0 Å². The number of likely N-dealkylation sites (N-methyl/N-ethyl adjacent to an activating group) is 3. The largest absolute Gasteiger partial charge is 0.357 e. The Morgan fingerprint density at radius 2 is 1.62 bits per heavy atom. The first-order valence-electron chi connectivity index (χ1n) is 10.5. The fourth-order valence-electron chi connectivity index (χ4n) is 6.42. The number of hydrogen-bond donors (Lipinski definition) is 0. The van der Waals surface area contributed by atoms with Crippen molar-refractivity contribution < 1.29 is 8.97 Å². The SMILES string of the molecule is CCC1C[N@@+](C)(CC)C2(N(CC)CC(CC)[N@@+]2(C)CC)N1C(C)C. The summed E-state index contributed by atoms with van der Waals surface area (Å²) in [5.74, 6) is 0.0910. The van der Waals surface area contributed by atoms with Gasteiger partial charge in [-0.05, 0) is 40.5 Å². The van der Waals surface area contributed by atoms with Crippen LogP contribution in [0, 0.1) is 0 Å². The van der Waals surface area contributed by atoms with Gasteiger partial charge in [-0.15, -0.1) is 0 Å². The fourth-order valence-corrected chi connectivity index (χ4v) is 6.42. The molecular weight excluding hydrogens is 296 g/mol. The zero-order chi connectivity index (χ0) is 18.3. The van der Waals surface area contributed by atoms with Crippen LogP contribution in [0.15, 0.2) is 0 Å². The van der Waals surface area contributed by atoms with E-state index < -0.39 is 0 Å². The molecule has 0 N–H and O–H groups in total. The predicted octanol–water partition coefficient (Wildman–Crippen LogP) is 3.15. The van der Waals surface area contributed by atoms with Gasteiger partial charge in [0.2, 0.25) is 0 Å². The Morgan fingerprint density at radius 3 is 2.00 bits per heavy atom. The molecule has 2 aliphatic heterocycles. The summed E-state index contributed by atoms with van der Waals surface area (Å²) in [6.07, 6.45) is 2.53. The molecule has 0 amide bonds. The summed E-state index contributed by atoms with van der Waals surface area (Å²) in [6, 6.07) is 1.99. The number of rotatable bonds is 6. The first-order valence-corrected chi connectivity index (χ1v) is 10.5. The smallest absolute Gasteiger partial charge is 0.244 e. The second kappa shape index (κ2) is 6.86. The molecule has 3 unspecified atom stereocenters. The van der Waals surface area contributed by atoms with Crippen LogP contribution in [-0.4, -0.2) is 89.6 Å². The van der Waals surface area contributed by atoms with Crippen LogP contribution in [0.1, 0.15) is 61.3 Å². The Bertz CT molecular complexity index is 439. The van der Waals surface area contributed by atoms with Crippen molar-refractivity contribution in [3.63, 3.8) is 0 Å². The molecular formula is C20H44N4+2. The predicted molar refractivity (Wildman–Crippen MR) is 103 cm³/mol. The summed E-state index contributed by atoms with van der Waals surface area (Å²) in [6.45, 7) is 22.9. The molecule has 0 saturated carbocycles. The summed E-state index contributed by atoms with van der Waals surface area (Å²) >= 11 is 0. The molecule has 2 aliphatic rings.